The van der Waals surface area contributed by atoms with E-state index in [1.54, 1.807) is 11.1 Å². The van der Waals surface area contributed by atoms with E-state index in [1.165, 1.54) is 36.1 Å². The van der Waals surface area contributed by atoms with E-state index in [1.807, 2.05) is 0 Å². The molecule has 28 heavy (non-hydrogen) atoms. The molecule has 2 aliphatic carbocycles. The predicted octanol–water partition coefficient (Wildman–Crippen LogP) is 0.960. The second-order valence-electron chi connectivity index (χ2n) is 7.49. The van der Waals surface area contributed by atoms with Crippen LogP contribution in [0.15, 0.2) is 60.7 Å². The fourth-order valence-electron chi connectivity index (χ4n) is 4.69. The van der Waals surface area contributed by atoms with Gasteiger partial charge in [0.2, 0.25) is 0 Å². The summed E-state index contributed by atoms with van der Waals surface area (Å²) in [5.41, 5.74) is 6.03. The van der Waals surface area contributed by atoms with Gasteiger partial charge in [-0.1, -0.05) is 0 Å². The first kappa shape index (κ1) is 23.9. The van der Waals surface area contributed by atoms with E-state index in [4.69, 9.17) is 0 Å². The van der Waals surface area contributed by atoms with Crippen molar-refractivity contribution in [3.8, 4) is 0 Å². The molecule has 0 radical (unpaired) electrons. The normalized spacial score (nSPS) is 17.8. The Balaban J connectivity index is 0.00000140. The minimum Gasteiger partial charge on any atom is -1.00 e. The molecule has 0 saturated heterocycles. The molecule has 0 fully saturated rings. The first-order valence-corrected chi connectivity index (χ1v) is 18.5. The number of fused-ring (bicyclic) bond motifs is 2. The summed E-state index contributed by atoms with van der Waals surface area (Å²) >= 11 is -1.78. The second-order valence-corrected chi connectivity index (χ2v) is 23.6. The average molecular weight is 507 g/mol. The third kappa shape index (κ3) is 4.67. The summed E-state index contributed by atoms with van der Waals surface area (Å²) in [6, 6.07) is 21.4. The number of hydrogen-bond acceptors (Lipinski definition) is 0. The Labute approximate surface area is 190 Å². The molecule has 0 spiro atoms. The zero-order chi connectivity index (χ0) is 17.9. The molecule has 0 heterocycles. The van der Waals surface area contributed by atoms with Crippen LogP contribution >= 0.6 is 0 Å². The van der Waals surface area contributed by atoms with Crippen LogP contribution in [0.2, 0.25) is 12.1 Å². The Morgan fingerprint density at radius 2 is 1.14 bits per heavy atom. The van der Waals surface area contributed by atoms with Crippen molar-refractivity contribution in [2.75, 3.05) is 0 Å². The summed E-state index contributed by atoms with van der Waals surface area (Å²) in [4.78, 5) is 0. The van der Waals surface area contributed by atoms with Crippen LogP contribution in [0.3, 0.4) is 0 Å². The van der Waals surface area contributed by atoms with E-state index in [9.17, 15) is 0 Å². The van der Waals surface area contributed by atoms with Crippen molar-refractivity contribution in [1.82, 2.24) is 0 Å². The predicted molar refractivity (Wildman–Crippen MR) is 112 cm³/mol. The summed E-state index contributed by atoms with van der Waals surface area (Å²) in [6.45, 7) is 4.80. The number of rotatable bonds is 6. The monoisotopic (exact) mass is 504 g/mol. The van der Waals surface area contributed by atoms with Gasteiger partial charge in [0.15, 0.2) is 0 Å². The molecule has 146 valence electrons. The molecule has 0 bridgehead atoms. The van der Waals surface area contributed by atoms with E-state index in [0.29, 0.717) is 0 Å². The molecule has 0 amide bonds. The third-order valence-corrected chi connectivity index (χ3v) is 28.0. The van der Waals surface area contributed by atoms with Crippen molar-refractivity contribution in [1.29, 1.82) is 0 Å². The van der Waals surface area contributed by atoms with Crippen molar-refractivity contribution in [3.63, 3.8) is 0 Å². The van der Waals surface area contributed by atoms with Gasteiger partial charge in [-0.2, -0.15) is 0 Å². The van der Waals surface area contributed by atoms with Gasteiger partial charge in [0.25, 0.3) is 0 Å². The Morgan fingerprint density at radius 1 is 0.714 bits per heavy atom. The van der Waals surface area contributed by atoms with Gasteiger partial charge in [0, 0.05) is 0 Å². The van der Waals surface area contributed by atoms with Gasteiger partial charge in [0.05, 0.1) is 0 Å². The van der Waals surface area contributed by atoms with Crippen LogP contribution in [0.1, 0.15) is 56.2 Å². The number of halogens is 2. The van der Waals surface area contributed by atoms with Gasteiger partial charge in [-0.15, -0.1) is 0 Å². The molecule has 0 saturated carbocycles. The molecule has 0 aliphatic heterocycles. The largest absolute Gasteiger partial charge is 1.00 e. The Bertz CT molecular complexity index is 829. The Morgan fingerprint density at radius 3 is 1.57 bits per heavy atom. The molecule has 2 aromatic carbocycles. The van der Waals surface area contributed by atoms with Crippen LogP contribution in [0.5, 0.6) is 0 Å². The molecular formula is C24H28Cl2SiZr. The van der Waals surface area contributed by atoms with Crippen LogP contribution in [0.4, 0.5) is 0 Å². The maximum absolute atomic E-state index is 2.60. The summed E-state index contributed by atoms with van der Waals surface area (Å²) in [5.74, 6) is 0. The minimum absolute atomic E-state index is 0. The fraction of sp³-hybridized carbons (Fsp3) is 0.333. The van der Waals surface area contributed by atoms with E-state index >= 15 is 0 Å². The first-order valence-electron chi connectivity index (χ1n) is 10.1. The molecule has 0 N–H and O–H groups in total. The molecule has 0 nitrogen and oxygen atoms in total. The number of benzene rings is 2. The summed E-state index contributed by atoms with van der Waals surface area (Å²) in [7, 11) is 0. The molecule has 2 unspecified atom stereocenters. The van der Waals surface area contributed by atoms with Gasteiger partial charge >= 0.3 is 167 Å². The zero-order valence-electron chi connectivity index (χ0n) is 16.7. The fourth-order valence-corrected chi connectivity index (χ4v) is 30.4. The molecule has 4 heteroatoms. The zero-order valence-corrected chi connectivity index (χ0v) is 21.6. The molecule has 2 atom stereocenters. The average Bonchev–Trinajstić information content (AvgIpc) is 3.28. The minimum atomic E-state index is -1.78. The summed E-state index contributed by atoms with van der Waals surface area (Å²) in [6.07, 6.45) is 12.8. The summed E-state index contributed by atoms with van der Waals surface area (Å²) in [5, 5.41) is 0. The third-order valence-electron chi connectivity index (χ3n) is 5.78. The van der Waals surface area contributed by atoms with Crippen LogP contribution in [0.25, 0.3) is 12.2 Å². The standard InChI is InChI=1S/2C9H7.C6H14Si.2ClH.Zr/c2*1-2-5-9-7-3-6-8(9)4-1;1-3-5-7-6-4-2;;;/h2*1-7H;3-6H2,1-2H3;2*1H;/q;;;;;+2/p-2. The van der Waals surface area contributed by atoms with Crippen molar-refractivity contribution in [3.05, 3.63) is 82.9 Å². The maximum atomic E-state index is 2.60. The SMILES string of the molecule is CCC[Si](CCC)=[Zr+2]([CH]1C=Cc2ccccc21)[CH]1C=Cc2ccccc21.[Cl-].[Cl-]. The molecule has 2 aliphatic rings. The Kier molecular flexibility index (Phi) is 9.48. The van der Waals surface area contributed by atoms with Gasteiger partial charge in [-0.3, -0.25) is 0 Å². The summed E-state index contributed by atoms with van der Waals surface area (Å²) < 4.78 is 1.56. The van der Waals surface area contributed by atoms with Gasteiger partial charge in [-0.05, 0) is 0 Å². The maximum Gasteiger partial charge on any atom is -1.00 e. The molecular weight excluding hydrogens is 478 g/mol. The van der Waals surface area contributed by atoms with Crippen molar-refractivity contribution in [2.24, 2.45) is 0 Å². The van der Waals surface area contributed by atoms with Crippen LogP contribution in [0, 0.1) is 0 Å². The van der Waals surface area contributed by atoms with Crippen molar-refractivity contribution < 1.29 is 45.2 Å². The number of allylic oxidation sites excluding steroid dienone is 2. The van der Waals surface area contributed by atoms with Gasteiger partial charge in [-0.25, -0.2) is 0 Å². The van der Waals surface area contributed by atoms with E-state index in [2.05, 4.69) is 86.7 Å². The Hall–Kier alpha value is -0.400. The van der Waals surface area contributed by atoms with E-state index in [0.717, 1.165) is 7.25 Å². The van der Waals surface area contributed by atoms with Crippen LogP contribution in [-0.4, -0.2) is 5.43 Å². The van der Waals surface area contributed by atoms with Crippen molar-refractivity contribution in [2.45, 2.75) is 46.0 Å². The van der Waals surface area contributed by atoms with E-state index < -0.39 is 20.4 Å². The number of hydrogen-bond donors (Lipinski definition) is 0. The van der Waals surface area contributed by atoms with Crippen LogP contribution < -0.4 is 24.8 Å². The molecule has 0 aromatic heterocycles. The quantitative estimate of drug-likeness (QED) is 0.512. The molecule has 4 rings (SSSR count). The second kappa shape index (κ2) is 11.1. The van der Waals surface area contributed by atoms with Crippen molar-refractivity contribution >= 4 is 17.6 Å². The van der Waals surface area contributed by atoms with E-state index in [-0.39, 0.29) is 30.2 Å². The first-order chi connectivity index (χ1) is 12.8. The van der Waals surface area contributed by atoms with Gasteiger partial charge < -0.3 is 24.8 Å². The van der Waals surface area contributed by atoms with Gasteiger partial charge in [0.1, 0.15) is 0 Å². The smallest absolute Gasteiger partial charge is 1.00 e. The van der Waals surface area contributed by atoms with Crippen LogP contribution in [-0.2, 0) is 20.4 Å². The molecule has 2 aromatic rings. The topological polar surface area (TPSA) is 0 Å².